The molecule has 0 aromatic carbocycles. The smallest absolute Gasteiger partial charge is 0.326 e. The van der Waals surface area contributed by atoms with Crippen LogP contribution in [0.5, 0.6) is 5.88 Å². The average Bonchev–Trinajstić information content (AvgIpc) is 3.17. The molecule has 10 heteroatoms. The fourth-order valence-electron chi connectivity index (χ4n) is 2.32. The standard InChI is InChI=1S/C14H16N8O2/c1-2-15-12-19-10-7(5-9-11(23)20-14(24)18-9)6-16-22(10)13(21-12)17-8-3-4-8/h5-6,8,23H,2-4H2,1H3,(H,15,17,21)(H2,18,20,24)/b7-5+. The molecule has 124 valence electrons. The van der Waals surface area contributed by atoms with Gasteiger partial charge in [0.15, 0.2) is 5.65 Å². The van der Waals surface area contributed by atoms with E-state index < -0.39 is 5.69 Å². The summed E-state index contributed by atoms with van der Waals surface area (Å²) in [5.74, 6) is 0.231. The Bertz CT molecular complexity index is 1070. The molecule has 0 unspecified atom stereocenters. The van der Waals surface area contributed by atoms with Crippen LogP contribution in [0.25, 0.3) is 11.7 Å². The van der Waals surface area contributed by atoms with Crippen LogP contribution in [0.15, 0.2) is 16.0 Å². The number of nitrogens with one attached hydrogen (secondary N) is 3. The molecule has 10 nitrogen and oxygen atoms in total. The average molecular weight is 328 g/mol. The van der Waals surface area contributed by atoms with Crippen LogP contribution in [0.1, 0.15) is 25.5 Å². The van der Waals surface area contributed by atoms with Gasteiger partial charge in [-0.1, -0.05) is 0 Å². The van der Waals surface area contributed by atoms with E-state index in [9.17, 15) is 9.90 Å². The Morgan fingerprint density at radius 3 is 2.96 bits per heavy atom. The number of aromatic hydroxyl groups is 1. The van der Waals surface area contributed by atoms with Crippen LogP contribution >= 0.6 is 0 Å². The molecular weight excluding hydrogens is 312 g/mol. The van der Waals surface area contributed by atoms with Crippen molar-refractivity contribution in [2.24, 2.45) is 4.99 Å². The van der Waals surface area contributed by atoms with Gasteiger partial charge < -0.3 is 15.4 Å². The molecule has 0 spiro atoms. The molecule has 3 aromatic rings. The minimum absolute atomic E-state index is 0.233. The topological polar surface area (TPSA) is 136 Å². The molecule has 0 saturated heterocycles. The van der Waals surface area contributed by atoms with Gasteiger partial charge in [0, 0.05) is 11.8 Å². The third-order valence-electron chi connectivity index (χ3n) is 3.59. The lowest BCUT2D eigenvalue weighted by atomic mass is 10.3. The molecule has 1 aliphatic carbocycles. The first-order chi connectivity index (χ1) is 11.6. The van der Waals surface area contributed by atoms with Gasteiger partial charge in [0.25, 0.3) is 5.62 Å². The predicted molar refractivity (Wildman–Crippen MR) is 85.4 cm³/mol. The summed E-state index contributed by atoms with van der Waals surface area (Å²) in [6.45, 7) is 2.63. The van der Waals surface area contributed by atoms with E-state index in [1.807, 2.05) is 6.92 Å². The van der Waals surface area contributed by atoms with Crippen LogP contribution < -0.4 is 21.8 Å². The number of rotatable bonds is 4. The van der Waals surface area contributed by atoms with Gasteiger partial charge in [-0.15, -0.1) is 0 Å². The van der Waals surface area contributed by atoms with E-state index in [0.29, 0.717) is 35.0 Å². The Labute approximate surface area is 135 Å². The fraction of sp³-hybridized carbons (Fsp3) is 0.357. The van der Waals surface area contributed by atoms with Crippen LogP contribution in [-0.4, -0.2) is 47.2 Å². The molecule has 3 heterocycles. The van der Waals surface area contributed by atoms with Gasteiger partial charge in [-0.3, -0.25) is 4.98 Å². The van der Waals surface area contributed by atoms with E-state index in [-0.39, 0.29) is 11.6 Å². The maximum Gasteiger partial charge on any atom is 0.326 e. The first-order valence-corrected chi connectivity index (χ1v) is 7.70. The fourth-order valence-corrected chi connectivity index (χ4v) is 2.32. The molecule has 4 rings (SSSR count). The number of aromatic nitrogens is 6. The second kappa shape index (κ2) is 5.48. The van der Waals surface area contributed by atoms with Crippen LogP contribution in [0.2, 0.25) is 0 Å². The van der Waals surface area contributed by atoms with Crippen molar-refractivity contribution in [3.8, 4) is 5.88 Å². The molecule has 0 amide bonds. The van der Waals surface area contributed by atoms with Crippen LogP contribution in [-0.2, 0) is 0 Å². The first-order valence-electron chi connectivity index (χ1n) is 7.70. The molecule has 0 radical (unpaired) electrons. The second-order valence-electron chi connectivity index (χ2n) is 5.56. The lowest BCUT2D eigenvalue weighted by Gasteiger charge is -2.01. The van der Waals surface area contributed by atoms with Gasteiger partial charge in [-0.05, 0) is 25.8 Å². The number of imidazole rings is 1. The SMILES string of the molecule is CCNc1nc(=NC2CC2)n2nc/c(=C\c3[nH]c(=O)[nH]c3O)c2n1. The molecular formula is C14H16N8O2. The highest BCUT2D eigenvalue weighted by Gasteiger charge is 2.20. The number of H-pyrrole nitrogens is 2. The summed E-state index contributed by atoms with van der Waals surface area (Å²) in [6.07, 6.45) is 5.30. The van der Waals surface area contributed by atoms with E-state index in [0.717, 1.165) is 12.8 Å². The monoisotopic (exact) mass is 328 g/mol. The van der Waals surface area contributed by atoms with Crippen LogP contribution in [0.4, 0.5) is 5.95 Å². The van der Waals surface area contributed by atoms with Gasteiger partial charge in [-0.25, -0.2) is 9.79 Å². The van der Waals surface area contributed by atoms with Crippen molar-refractivity contribution in [2.45, 2.75) is 25.8 Å². The number of nitrogens with zero attached hydrogens (tertiary/aromatic N) is 5. The van der Waals surface area contributed by atoms with Crippen molar-refractivity contribution in [1.29, 1.82) is 0 Å². The van der Waals surface area contributed by atoms with Crippen molar-refractivity contribution in [3.05, 3.63) is 33.2 Å². The van der Waals surface area contributed by atoms with E-state index >= 15 is 0 Å². The molecule has 1 aliphatic rings. The number of anilines is 1. The summed E-state index contributed by atoms with van der Waals surface area (Å²) < 4.78 is 1.56. The minimum atomic E-state index is -0.484. The third-order valence-corrected chi connectivity index (χ3v) is 3.59. The zero-order valence-corrected chi connectivity index (χ0v) is 12.9. The molecule has 1 saturated carbocycles. The first kappa shape index (κ1) is 14.4. The Hall–Kier alpha value is -3.17. The number of fused-ring (bicyclic) bond motifs is 1. The molecule has 4 N–H and O–H groups in total. The van der Waals surface area contributed by atoms with E-state index in [1.54, 1.807) is 16.8 Å². The summed E-state index contributed by atoms with van der Waals surface area (Å²) in [5.41, 5.74) is 0.813. The normalized spacial score (nSPS) is 16.2. The summed E-state index contributed by atoms with van der Waals surface area (Å²) in [6, 6.07) is 0.291. The lowest BCUT2D eigenvalue weighted by Crippen LogP contribution is -2.24. The maximum absolute atomic E-state index is 11.3. The van der Waals surface area contributed by atoms with Crippen molar-refractivity contribution in [2.75, 3.05) is 11.9 Å². The van der Waals surface area contributed by atoms with Gasteiger partial charge in [-0.2, -0.15) is 19.6 Å². The molecule has 0 aliphatic heterocycles. The van der Waals surface area contributed by atoms with E-state index in [4.69, 9.17) is 0 Å². The summed E-state index contributed by atoms with van der Waals surface area (Å²) >= 11 is 0. The summed E-state index contributed by atoms with van der Waals surface area (Å²) in [4.78, 5) is 29.4. The van der Waals surface area contributed by atoms with Crippen molar-refractivity contribution in [1.82, 2.24) is 29.5 Å². The van der Waals surface area contributed by atoms with Gasteiger partial charge >= 0.3 is 5.69 Å². The Morgan fingerprint density at radius 1 is 1.46 bits per heavy atom. The number of hydrogen-bond donors (Lipinski definition) is 4. The molecule has 0 atom stereocenters. The quantitative estimate of drug-likeness (QED) is 0.479. The molecule has 24 heavy (non-hydrogen) atoms. The predicted octanol–water partition coefficient (Wildman–Crippen LogP) is -1.11. The van der Waals surface area contributed by atoms with Gasteiger partial charge in [0.05, 0.1) is 12.2 Å². The Morgan fingerprint density at radius 2 is 2.29 bits per heavy atom. The highest BCUT2D eigenvalue weighted by atomic mass is 16.3. The Kier molecular flexibility index (Phi) is 3.29. The second-order valence-corrected chi connectivity index (χ2v) is 5.56. The third kappa shape index (κ3) is 2.62. The molecule has 1 fully saturated rings. The number of aromatic amines is 2. The van der Waals surface area contributed by atoms with Gasteiger partial charge in [0.2, 0.25) is 11.8 Å². The van der Waals surface area contributed by atoms with E-state index in [1.165, 1.54) is 0 Å². The number of hydrogen-bond acceptors (Lipinski definition) is 7. The zero-order valence-electron chi connectivity index (χ0n) is 12.9. The van der Waals surface area contributed by atoms with Crippen LogP contribution in [0, 0.1) is 0 Å². The largest absolute Gasteiger partial charge is 0.493 e. The maximum atomic E-state index is 11.3. The summed E-state index contributed by atoms with van der Waals surface area (Å²) in [7, 11) is 0. The van der Waals surface area contributed by atoms with Gasteiger partial charge in [0.1, 0.15) is 5.69 Å². The lowest BCUT2D eigenvalue weighted by molar-refractivity contribution is 0.454. The minimum Gasteiger partial charge on any atom is -0.493 e. The molecule has 3 aromatic heterocycles. The van der Waals surface area contributed by atoms with E-state index in [2.05, 4.69) is 35.3 Å². The molecule has 0 bridgehead atoms. The zero-order chi connectivity index (χ0) is 16.7. The van der Waals surface area contributed by atoms with Crippen molar-refractivity contribution >= 4 is 17.7 Å². The summed E-state index contributed by atoms with van der Waals surface area (Å²) in [5, 5.41) is 17.7. The van der Waals surface area contributed by atoms with Crippen molar-refractivity contribution in [3.63, 3.8) is 0 Å². The highest BCUT2D eigenvalue weighted by Crippen LogP contribution is 2.22. The van der Waals surface area contributed by atoms with Crippen LogP contribution in [0.3, 0.4) is 0 Å². The highest BCUT2D eigenvalue weighted by molar-refractivity contribution is 5.57. The van der Waals surface area contributed by atoms with Crippen molar-refractivity contribution < 1.29 is 5.11 Å². The Balaban J connectivity index is 1.96.